The molecule has 5 nitrogen and oxygen atoms in total. The normalized spacial score (nSPS) is 11.0. The summed E-state index contributed by atoms with van der Waals surface area (Å²) in [6.07, 6.45) is 0. The molecule has 2 heterocycles. The Bertz CT molecular complexity index is 950. The number of rotatable bonds is 4. The van der Waals surface area contributed by atoms with Crippen LogP contribution in [0.1, 0.15) is 22.3 Å². The predicted molar refractivity (Wildman–Crippen MR) is 91.8 cm³/mol. The van der Waals surface area contributed by atoms with Gasteiger partial charge in [0.1, 0.15) is 5.82 Å². The fourth-order valence-electron chi connectivity index (χ4n) is 2.53. The lowest BCUT2D eigenvalue weighted by Crippen LogP contribution is -2.33. The van der Waals surface area contributed by atoms with Crippen molar-refractivity contribution in [2.45, 2.75) is 20.0 Å². The van der Waals surface area contributed by atoms with Crippen molar-refractivity contribution in [1.82, 2.24) is 14.7 Å². The van der Waals surface area contributed by atoms with E-state index in [1.54, 1.807) is 11.7 Å². The third-order valence-corrected chi connectivity index (χ3v) is 4.60. The summed E-state index contributed by atoms with van der Waals surface area (Å²) >= 11 is 1.53. The lowest BCUT2D eigenvalue weighted by Gasteiger charge is -2.17. The second kappa shape index (κ2) is 6.52. The van der Waals surface area contributed by atoms with E-state index in [1.807, 2.05) is 24.4 Å². The Labute approximate surface area is 142 Å². The van der Waals surface area contributed by atoms with Crippen LogP contribution in [0.25, 0.3) is 10.9 Å². The van der Waals surface area contributed by atoms with Crippen LogP contribution in [-0.2, 0) is 13.1 Å². The van der Waals surface area contributed by atoms with Crippen LogP contribution in [0, 0.1) is 5.82 Å². The summed E-state index contributed by atoms with van der Waals surface area (Å²) in [5.41, 5.74) is -0.215. The molecule has 0 aliphatic carbocycles. The summed E-state index contributed by atoms with van der Waals surface area (Å²) in [6.45, 7) is 2.71. The molecule has 3 aromatic rings. The number of thiophene rings is 1. The molecule has 0 N–H and O–H groups in total. The molecule has 0 radical (unpaired) electrons. The molecule has 1 aromatic carbocycles. The van der Waals surface area contributed by atoms with E-state index in [0.717, 1.165) is 10.9 Å². The predicted octanol–water partition coefficient (Wildman–Crippen LogP) is 2.89. The van der Waals surface area contributed by atoms with E-state index in [4.69, 9.17) is 0 Å². The molecule has 1 amide bonds. The second-order valence-corrected chi connectivity index (χ2v) is 6.43. The van der Waals surface area contributed by atoms with Gasteiger partial charge in [-0.3, -0.25) is 14.3 Å². The van der Waals surface area contributed by atoms with Crippen molar-refractivity contribution < 1.29 is 9.18 Å². The average molecular weight is 345 g/mol. The number of carbonyl (C=O) groups is 1. The molecule has 0 aliphatic rings. The highest BCUT2D eigenvalue weighted by molar-refractivity contribution is 7.09. The smallest absolute Gasteiger partial charge is 0.278 e. The second-order valence-electron chi connectivity index (χ2n) is 5.40. The van der Waals surface area contributed by atoms with Gasteiger partial charge < -0.3 is 4.90 Å². The first-order chi connectivity index (χ1) is 11.5. The van der Waals surface area contributed by atoms with Gasteiger partial charge in [0.25, 0.3) is 5.91 Å². The Morgan fingerprint density at radius 1 is 1.38 bits per heavy atom. The van der Waals surface area contributed by atoms with Crippen molar-refractivity contribution in [3.05, 3.63) is 62.3 Å². The number of nitrogens with zero attached hydrogens (tertiary/aromatic N) is 3. The zero-order valence-electron chi connectivity index (χ0n) is 13.3. The molecule has 0 atom stereocenters. The number of amides is 1. The fourth-order valence-corrected chi connectivity index (χ4v) is 3.29. The zero-order chi connectivity index (χ0) is 17.3. The quantitative estimate of drug-likeness (QED) is 0.731. The molecular weight excluding hydrogens is 329 g/mol. The monoisotopic (exact) mass is 345 g/mol. The van der Waals surface area contributed by atoms with Crippen LogP contribution in [0.4, 0.5) is 4.39 Å². The summed E-state index contributed by atoms with van der Waals surface area (Å²) in [5, 5.41) is 6.28. The van der Waals surface area contributed by atoms with Crippen molar-refractivity contribution in [3.63, 3.8) is 0 Å². The van der Waals surface area contributed by atoms with Crippen LogP contribution in [0.2, 0.25) is 0 Å². The number of carbonyl (C=O) groups excluding carboxylic acids is 1. The van der Waals surface area contributed by atoms with Gasteiger partial charge in [-0.25, -0.2) is 4.39 Å². The minimum absolute atomic E-state index is 0.166. The van der Waals surface area contributed by atoms with Gasteiger partial charge >= 0.3 is 0 Å². The number of halogens is 1. The number of hydrogen-bond donors (Lipinski definition) is 0. The first-order valence-corrected chi connectivity index (χ1v) is 8.37. The number of hydrogen-bond acceptors (Lipinski definition) is 4. The van der Waals surface area contributed by atoms with Gasteiger partial charge in [-0.2, -0.15) is 5.10 Å². The highest BCUT2D eigenvalue weighted by Gasteiger charge is 2.21. The van der Waals surface area contributed by atoms with Gasteiger partial charge in [-0.05, 0) is 36.6 Å². The maximum absolute atomic E-state index is 13.5. The Balaban J connectivity index is 2.06. The minimum Gasteiger partial charge on any atom is -0.335 e. The molecule has 24 heavy (non-hydrogen) atoms. The molecule has 0 fully saturated rings. The van der Waals surface area contributed by atoms with Crippen molar-refractivity contribution in [2.24, 2.45) is 0 Å². The van der Waals surface area contributed by atoms with Crippen molar-refractivity contribution >= 4 is 28.1 Å². The van der Waals surface area contributed by atoms with E-state index in [1.165, 1.54) is 28.4 Å². The molecule has 0 saturated heterocycles. The zero-order valence-corrected chi connectivity index (χ0v) is 14.1. The average Bonchev–Trinajstić information content (AvgIpc) is 3.08. The van der Waals surface area contributed by atoms with E-state index < -0.39 is 17.2 Å². The molecule has 0 bridgehead atoms. The van der Waals surface area contributed by atoms with Crippen LogP contribution in [0.15, 0.2) is 40.5 Å². The summed E-state index contributed by atoms with van der Waals surface area (Å²) in [6, 6.07) is 7.76. The molecule has 2 aromatic heterocycles. The molecule has 124 valence electrons. The van der Waals surface area contributed by atoms with Gasteiger partial charge in [0.05, 0.1) is 17.4 Å². The maximum Gasteiger partial charge on any atom is 0.278 e. The first-order valence-electron chi connectivity index (χ1n) is 7.49. The van der Waals surface area contributed by atoms with Crippen LogP contribution >= 0.6 is 11.3 Å². The lowest BCUT2D eigenvalue weighted by molar-refractivity contribution is 0.0777. The van der Waals surface area contributed by atoms with Crippen LogP contribution < -0.4 is 5.43 Å². The summed E-state index contributed by atoms with van der Waals surface area (Å²) in [4.78, 5) is 27.7. The van der Waals surface area contributed by atoms with E-state index in [0.29, 0.717) is 18.6 Å². The molecule has 7 heteroatoms. The standard InChI is InChI=1S/C17H16FN3O2S/c1-3-21-14-7-6-11(18)9-13(14)16(22)15(19-21)17(23)20(2)10-12-5-4-8-24-12/h4-9H,3,10H2,1-2H3. The summed E-state index contributed by atoms with van der Waals surface area (Å²) < 4.78 is 15.1. The molecule has 0 unspecified atom stereocenters. The van der Waals surface area contributed by atoms with Gasteiger partial charge in [0.2, 0.25) is 5.43 Å². The Morgan fingerprint density at radius 3 is 2.83 bits per heavy atom. The number of fused-ring (bicyclic) bond motifs is 1. The highest BCUT2D eigenvalue weighted by atomic mass is 32.1. The van der Waals surface area contributed by atoms with Crippen LogP contribution in [0.5, 0.6) is 0 Å². The molecule has 0 aliphatic heterocycles. The third kappa shape index (κ3) is 2.94. The molecule has 3 rings (SSSR count). The van der Waals surface area contributed by atoms with E-state index in [-0.39, 0.29) is 11.1 Å². The summed E-state index contributed by atoms with van der Waals surface area (Å²) in [7, 11) is 1.62. The van der Waals surface area contributed by atoms with E-state index in [2.05, 4.69) is 5.10 Å². The number of aromatic nitrogens is 2. The maximum atomic E-state index is 13.5. The van der Waals surface area contributed by atoms with Gasteiger partial charge in [0.15, 0.2) is 5.69 Å². The highest BCUT2D eigenvalue weighted by Crippen LogP contribution is 2.15. The van der Waals surface area contributed by atoms with Crippen LogP contribution in [0.3, 0.4) is 0 Å². The third-order valence-electron chi connectivity index (χ3n) is 3.74. The van der Waals surface area contributed by atoms with E-state index in [9.17, 15) is 14.0 Å². The van der Waals surface area contributed by atoms with Gasteiger partial charge in [0, 0.05) is 18.5 Å². The van der Waals surface area contributed by atoms with Crippen molar-refractivity contribution in [2.75, 3.05) is 7.05 Å². The van der Waals surface area contributed by atoms with E-state index >= 15 is 0 Å². The fraction of sp³-hybridized carbons (Fsp3) is 0.235. The Kier molecular flexibility index (Phi) is 4.44. The first kappa shape index (κ1) is 16.3. The molecular formula is C17H16FN3O2S. The Hall–Kier alpha value is -2.54. The SMILES string of the molecule is CCn1nc(C(=O)N(C)Cc2cccs2)c(=O)c2cc(F)ccc21. The lowest BCUT2D eigenvalue weighted by atomic mass is 10.2. The van der Waals surface area contributed by atoms with Gasteiger partial charge in [-0.15, -0.1) is 11.3 Å². The largest absolute Gasteiger partial charge is 0.335 e. The molecule has 0 saturated carbocycles. The van der Waals surface area contributed by atoms with Gasteiger partial charge in [-0.1, -0.05) is 6.07 Å². The number of benzene rings is 1. The molecule has 0 spiro atoms. The minimum atomic E-state index is -0.544. The van der Waals surface area contributed by atoms with Crippen molar-refractivity contribution in [3.8, 4) is 0 Å². The number of aryl methyl sites for hydroxylation is 1. The summed E-state index contributed by atoms with van der Waals surface area (Å²) in [5.74, 6) is -0.986. The topological polar surface area (TPSA) is 55.2 Å². The van der Waals surface area contributed by atoms with Crippen LogP contribution in [-0.4, -0.2) is 27.6 Å². The van der Waals surface area contributed by atoms with Crippen molar-refractivity contribution in [1.29, 1.82) is 0 Å². The Morgan fingerprint density at radius 2 is 2.17 bits per heavy atom.